The largest absolute Gasteiger partial charge is 0.449 e. The van der Waals surface area contributed by atoms with E-state index in [0.29, 0.717) is 10.2 Å². The maximum absolute atomic E-state index is 11.5. The molecular formula is C9H12BrN3O4S. The van der Waals surface area contributed by atoms with E-state index in [1.165, 1.54) is 12.1 Å². The lowest BCUT2D eigenvalue weighted by Crippen LogP contribution is -2.35. The highest BCUT2D eigenvalue weighted by Gasteiger charge is 2.15. The first-order valence-corrected chi connectivity index (χ1v) is 7.14. The maximum Gasteiger partial charge on any atom is 0.422 e. The third kappa shape index (κ3) is 4.41. The van der Waals surface area contributed by atoms with E-state index in [4.69, 9.17) is 5.73 Å². The Bertz CT molecular complexity index is 547. The van der Waals surface area contributed by atoms with Gasteiger partial charge in [-0.1, -0.05) is 0 Å². The van der Waals surface area contributed by atoms with Crippen molar-refractivity contribution in [3.63, 3.8) is 0 Å². The van der Waals surface area contributed by atoms with E-state index in [2.05, 4.69) is 25.4 Å². The summed E-state index contributed by atoms with van der Waals surface area (Å²) < 4.78 is 31.9. The topological polar surface area (TPSA) is 111 Å². The van der Waals surface area contributed by atoms with Gasteiger partial charge in [0, 0.05) is 10.2 Å². The zero-order valence-electron chi connectivity index (χ0n) is 9.44. The minimum atomic E-state index is -4.03. The monoisotopic (exact) mass is 337 g/mol. The molecule has 4 N–H and O–H groups in total. The predicted octanol–water partition coefficient (Wildman–Crippen LogP) is 1.43. The van der Waals surface area contributed by atoms with Gasteiger partial charge < -0.3 is 10.5 Å². The van der Waals surface area contributed by atoms with E-state index in [9.17, 15) is 13.2 Å². The molecule has 0 spiro atoms. The van der Waals surface area contributed by atoms with E-state index in [1.54, 1.807) is 17.7 Å². The van der Waals surface area contributed by atoms with E-state index >= 15 is 0 Å². The van der Waals surface area contributed by atoms with Gasteiger partial charge in [0.05, 0.1) is 12.3 Å². The van der Waals surface area contributed by atoms with Crippen LogP contribution in [0.5, 0.6) is 0 Å². The Hall–Kier alpha value is -1.48. The number of ether oxygens (including phenoxy) is 1. The summed E-state index contributed by atoms with van der Waals surface area (Å²) in [6, 6.07) is 4.48. The van der Waals surface area contributed by atoms with Crippen molar-refractivity contribution in [2.24, 2.45) is 0 Å². The van der Waals surface area contributed by atoms with Crippen molar-refractivity contribution in [1.29, 1.82) is 0 Å². The summed E-state index contributed by atoms with van der Waals surface area (Å²) in [5.41, 5.74) is 6.19. The Morgan fingerprint density at radius 1 is 1.50 bits per heavy atom. The second kappa shape index (κ2) is 5.91. The van der Waals surface area contributed by atoms with Gasteiger partial charge >= 0.3 is 16.3 Å². The fourth-order valence-electron chi connectivity index (χ4n) is 1.06. The molecule has 0 aliphatic heterocycles. The number of anilines is 2. The predicted molar refractivity (Wildman–Crippen MR) is 71.3 cm³/mol. The molecule has 0 saturated heterocycles. The van der Waals surface area contributed by atoms with Gasteiger partial charge in [-0.2, -0.15) is 8.42 Å². The first-order valence-electron chi connectivity index (χ1n) is 4.86. The molecule has 0 bridgehead atoms. The zero-order valence-corrected chi connectivity index (χ0v) is 11.8. The summed E-state index contributed by atoms with van der Waals surface area (Å²) in [6.07, 6.45) is -1.05. The normalized spacial score (nSPS) is 10.8. The summed E-state index contributed by atoms with van der Waals surface area (Å²) in [5, 5.41) is 0. The molecule has 0 heterocycles. The van der Waals surface area contributed by atoms with Crippen LogP contribution in [0, 0.1) is 0 Å². The van der Waals surface area contributed by atoms with Crippen molar-refractivity contribution in [2.75, 3.05) is 17.1 Å². The fourth-order valence-corrected chi connectivity index (χ4v) is 2.07. The van der Waals surface area contributed by atoms with E-state index in [1.807, 2.05) is 0 Å². The van der Waals surface area contributed by atoms with Crippen LogP contribution in [0.4, 0.5) is 16.2 Å². The molecule has 0 aliphatic carbocycles. The number of carbonyl (C=O) groups excluding carboxylic acids is 1. The molecule has 0 saturated carbocycles. The van der Waals surface area contributed by atoms with Crippen LogP contribution >= 0.6 is 15.9 Å². The molecule has 0 unspecified atom stereocenters. The summed E-state index contributed by atoms with van der Waals surface area (Å²) in [5.74, 6) is 0. The second-order valence-corrected chi connectivity index (χ2v) is 5.43. The van der Waals surface area contributed by atoms with Gasteiger partial charge in [0.15, 0.2) is 0 Å². The number of hydrogen-bond acceptors (Lipinski definition) is 5. The van der Waals surface area contributed by atoms with Crippen molar-refractivity contribution in [3.05, 3.63) is 22.7 Å². The number of nitrogen functional groups attached to an aromatic ring is 1. The molecule has 1 amide bonds. The number of amides is 1. The third-order valence-corrected chi connectivity index (χ3v) is 3.40. The van der Waals surface area contributed by atoms with Crippen LogP contribution < -0.4 is 15.2 Å². The average Bonchev–Trinajstić information content (AvgIpc) is 2.22. The first-order chi connectivity index (χ1) is 8.34. The first kappa shape index (κ1) is 14.6. The van der Waals surface area contributed by atoms with Gasteiger partial charge in [0.25, 0.3) is 0 Å². The molecule has 1 aromatic rings. The lowest BCUT2D eigenvalue weighted by molar-refractivity contribution is 0.159. The lowest BCUT2D eigenvalue weighted by atomic mass is 10.3. The zero-order chi connectivity index (χ0) is 13.8. The minimum Gasteiger partial charge on any atom is -0.449 e. The van der Waals surface area contributed by atoms with Gasteiger partial charge in [-0.15, -0.1) is 0 Å². The Morgan fingerprint density at radius 3 is 2.72 bits per heavy atom. The highest BCUT2D eigenvalue weighted by molar-refractivity contribution is 9.10. The van der Waals surface area contributed by atoms with Crippen LogP contribution in [0.3, 0.4) is 0 Å². The Kier molecular flexibility index (Phi) is 4.79. The van der Waals surface area contributed by atoms with Crippen LogP contribution in [-0.2, 0) is 14.9 Å². The van der Waals surface area contributed by atoms with Gasteiger partial charge in [0.1, 0.15) is 0 Å². The molecule has 1 aromatic carbocycles. The van der Waals surface area contributed by atoms with Crippen LogP contribution in [0.1, 0.15) is 6.92 Å². The molecule has 0 fully saturated rings. The molecule has 0 aliphatic rings. The number of carbonyl (C=O) groups is 1. The third-order valence-electron chi connectivity index (χ3n) is 1.74. The number of benzene rings is 1. The Labute approximate surface area is 113 Å². The summed E-state index contributed by atoms with van der Waals surface area (Å²) in [7, 11) is -4.03. The molecule has 0 atom stereocenters. The summed E-state index contributed by atoms with van der Waals surface area (Å²) in [6.45, 7) is 1.64. The smallest absolute Gasteiger partial charge is 0.422 e. The summed E-state index contributed by atoms with van der Waals surface area (Å²) >= 11 is 3.18. The molecule has 18 heavy (non-hydrogen) atoms. The molecule has 9 heteroatoms. The van der Waals surface area contributed by atoms with E-state index in [-0.39, 0.29) is 12.3 Å². The maximum atomic E-state index is 11.5. The SMILES string of the molecule is CCOC(=O)NS(=O)(=O)Nc1ccc(Br)c(N)c1. The number of nitrogens with two attached hydrogens (primary N) is 1. The number of nitrogens with one attached hydrogen (secondary N) is 2. The van der Waals surface area contributed by atoms with Gasteiger partial charge in [-0.3, -0.25) is 4.72 Å². The molecule has 0 radical (unpaired) electrons. The highest BCUT2D eigenvalue weighted by Crippen LogP contribution is 2.23. The molecular weight excluding hydrogens is 326 g/mol. The Balaban J connectivity index is 2.76. The van der Waals surface area contributed by atoms with Gasteiger partial charge in [-0.05, 0) is 41.1 Å². The van der Waals surface area contributed by atoms with E-state index in [0.717, 1.165) is 0 Å². The Morgan fingerprint density at radius 2 is 2.17 bits per heavy atom. The van der Waals surface area contributed by atoms with Crippen molar-refractivity contribution >= 4 is 43.6 Å². The van der Waals surface area contributed by atoms with E-state index < -0.39 is 16.3 Å². The molecule has 7 nitrogen and oxygen atoms in total. The number of halogens is 1. The van der Waals surface area contributed by atoms with Crippen LogP contribution in [-0.4, -0.2) is 21.1 Å². The van der Waals surface area contributed by atoms with Crippen molar-refractivity contribution < 1.29 is 17.9 Å². The van der Waals surface area contributed by atoms with Crippen molar-refractivity contribution in [3.8, 4) is 0 Å². The number of hydrogen-bond donors (Lipinski definition) is 3. The van der Waals surface area contributed by atoms with Crippen molar-refractivity contribution in [2.45, 2.75) is 6.92 Å². The van der Waals surface area contributed by atoms with Crippen molar-refractivity contribution in [1.82, 2.24) is 4.72 Å². The van der Waals surface area contributed by atoms with Crippen LogP contribution in [0.2, 0.25) is 0 Å². The lowest BCUT2D eigenvalue weighted by Gasteiger charge is -2.10. The molecule has 100 valence electrons. The fraction of sp³-hybridized carbons (Fsp3) is 0.222. The molecule has 0 aromatic heterocycles. The standard InChI is InChI=1S/C9H12BrN3O4S/c1-2-17-9(14)13-18(15,16)12-6-3-4-7(10)8(11)5-6/h3-5,12H,2,11H2,1H3,(H,13,14). The summed E-state index contributed by atoms with van der Waals surface area (Å²) in [4.78, 5) is 11.0. The highest BCUT2D eigenvalue weighted by atomic mass is 79.9. The quantitative estimate of drug-likeness (QED) is 0.720. The number of rotatable bonds is 4. The second-order valence-electron chi connectivity index (χ2n) is 3.16. The average molecular weight is 338 g/mol. The van der Waals surface area contributed by atoms with Crippen LogP contribution in [0.15, 0.2) is 22.7 Å². The minimum absolute atomic E-state index is 0.0760. The van der Waals surface area contributed by atoms with Crippen LogP contribution in [0.25, 0.3) is 0 Å². The van der Waals surface area contributed by atoms with Gasteiger partial charge in [0.2, 0.25) is 0 Å². The molecule has 1 rings (SSSR count). The van der Waals surface area contributed by atoms with Gasteiger partial charge in [-0.25, -0.2) is 9.52 Å².